The van der Waals surface area contributed by atoms with E-state index in [-0.39, 0.29) is 6.61 Å². The van der Waals surface area contributed by atoms with Gasteiger partial charge in [-0.15, -0.1) is 0 Å². The van der Waals surface area contributed by atoms with E-state index in [0.717, 1.165) is 11.1 Å². The van der Waals surface area contributed by atoms with Gasteiger partial charge in [-0.1, -0.05) is 42.2 Å². The minimum Gasteiger partial charge on any atom is -0.497 e. The standard InChI is InChI=1S/C20H21NO4/c1-23-18-11-12-19(24-2)17(14-18)10-6-7-13-21-20(22)25-15-16-8-4-3-5-9-16/h3-5,8-9,11-12,14H,7,13,15H2,1-2H3,(H,21,22). The molecule has 1 N–H and O–H groups in total. The first-order chi connectivity index (χ1) is 12.2. The van der Waals surface area contributed by atoms with E-state index in [1.54, 1.807) is 14.2 Å². The Morgan fingerprint density at radius 3 is 2.60 bits per heavy atom. The number of carbonyl (C=O) groups is 1. The Balaban J connectivity index is 1.76. The van der Waals surface area contributed by atoms with Crippen molar-refractivity contribution < 1.29 is 19.0 Å². The fourth-order valence-corrected chi connectivity index (χ4v) is 2.07. The molecule has 0 saturated heterocycles. The first kappa shape index (κ1) is 18.2. The van der Waals surface area contributed by atoms with E-state index < -0.39 is 6.09 Å². The molecule has 0 bridgehead atoms. The van der Waals surface area contributed by atoms with E-state index >= 15 is 0 Å². The van der Waals surface area contributed by atoms with Gasteiger partial charge in [0.25, 0.3) is 0 Å². The molecule has 0 heterocycles. The number of carbonyl (C=O) groups excluding carboxylic acids is 1. The molecule has 5 heteroatoms. The second kappa shape index (κ2) is 9.89. The van der Waals surface area contributed by atoms with Crippen LogP contribution in [0.1, 0.15) is 17.5 Å². The molecule has 0 fully saturated rings. The molecule has 2 aromatic rings. The van der Waals surface area contributed by atoms with Crippen molar-refractivity contribution in [3.05, 3.63) is 59.7 Å². The van der Waals surface area contributed by atoms with Crippen molar-refractivity contribution in [2.75, 3.05) is 20.8 Å². The zero-order valence-electron chi connectivity index (χ0n) is 14.4. The number of rotatable bonds is 6. The number of amides is 1. The van der Waals surface area contributed by atoms with Crippen LogP contribution in [0, 0.1) is 11.8 Å². The Morgan fingerprint density at radius 1 is 1.08 bits per heavy atom. The molecule has 0 unspecified atom stereocenters. The highest BCUT2D eigenvalue weighted by atomic mass is 16.5. The fraction of sp³-hybridized carbons (Fsp3) is 0.250. The highest BCUT2D eigenvalue weighted by molar-refractivity contribution is 5.67. The van der Waals surface area contributed by atoms with E-state index in [2.05, 4.69) is 17.2 Å². The second-order valence-electron chi connectivity index (χ2n) is 5.11. The van der Waals surface area contributed by atoms with Crippen LogP contribution in [0.25, 0.3) is 0 Å². The summed E-state index contributed by atoms with van der Waals surface area (Å²) in [6.45, 7) is 0.659. The third kappa shape index (κ3) is 6.11. The molecule has 25 heavy (non-hydrogen) atoms. The third-order valence-corrected chi connectivity index (χ3v) is 3.36. The maximum absolute atomic E-state index is 11.6. The molecule has 2 aromatic carbocycles. The smallest absolute Gasteiger partial charge is 0.407 e. The largest absolute Gasteiger partial charge is 0.497 e. The summed E-state index contributed by atoms with van der Waals surface area (Å²) in [6.07, 6.45) is 0.0467. The van der Waals surface area contributed by atoms with Crippen LogP contribution < -0.4 is 14.8 Å². The lowest BCUT2D eigenvalue weighted by Crippen LogP contribution is -2.24. The summed E-state index contributed by atoms with van der Waals surface area (Å²) in [5, 5.41) is 2.67. The molecule has 130 valence electrons. The Labute approximate surface area is 147 Å². The van der Waals surface area contributed by atoms with Gasteiger partial charge >= 0.3 is 6.09 Å². The summed E-state index contributed by atoms with van der Waals surface area (Å²) < 4.78 is 15.6. The topological polar surface area (TPSA) is 56.8 Å². The minimum absolute atomic E-state index is 0.249. The van der Waals surface area contributed by atoms with E-state index in [0.29, 0.717) is 24.5 Å². The molecule has 0 atom stereocenters. The maximum atomic E-state index is 11.6. The van der Waals surface area contributed by atoms with Crippen LogP contribution in [0.4, 0.5) is 4.79 Å². The molecular weight excluding hydrogens is 318 g/mol. The molecular formula is C20H21NO4. The summed E-state index contributed by atoms with van der Waals surface area (Å²) >= 11 is 0. The minimum atomic E-state index is -0.454. The summed E-state index contributed by atoms with van der Waals surface area (Å²) in [5.74, 6) is 7.42. The molecule has 0 radical (unpaired) electrons. The van der Waals surface area contributed by atoms with Crippen LogP contribution in [0.15, 0.2) is 48.5 Å². The maximum Gasteiger partial charge on any atom is 0.407 e. The van der Waals surface area contributed by atoms with Crippen molar-refractivity contribution in [1.29, 1.82) is 0 Å². The lowest BCUT2D eigenvalue weighted by molar-refractivity contribution is 0.140. The summed E-state index contributed by atoms with van der Waals surface area (Å²) in [5.41, 5.74) is 1.69. The number of nitrogens with one attached hydrogen (secondary N) is 1. The molecule has 0 saturated carbocycles. The normalized spacial score (nSPS) is 9.52. The molecule has 1 amide bonds. The molecule has 0 aliphatic rings. The van der Waals surface area contributed by atoms with Gasteiger partial charge in [-0.2, -0.15) is 0 Å². The van der Waals surface area contributed by atoms with Crippen LogP contribution in [0.3, 0.4) is 0 Å². The lowest BCUT2D eigenvalue weighted by Gasteiger charge is -2.06. The molecule has 0 aromatic heterocycles. The number of methoxy groups -OCH3 is 2. The summed E-state index contributed by atoms with van der Waals surface area (Å²) in [4.78, 5) is 11.6. The van der Waals surface area contributed by atoms with Gasteiger partial charge in [0.15, 0.2) is 0 Å². The predicted octanol–water partition coefficient (Wildman–Crippen LogP) is 3.37. The molecule has 0 aliphatic carbocycles. The number of hydrogen-bond acceptors (Lipinski definition) is 4. The number of alkyl carbamates (subject to hydrolysis) is 1. The van der Waals surface area contributed by atoms with Crippen molar-refractivity contribution in [3.8, 4) is 23.3 Å². The molecule has 2 rings (SSSR count). The first-order valence-corrected chi connectivity index (χ1v) is 7.88. The van der Waals surface area contributed by atoms with Gasteiger partial charge in [0.1, 0.15) is 18.1 Å². The monoisotopic (exact) mass is 339 g/mol. The average molecular weight is 339 g/mol. The lowest BCUT2D eigenvalue weighted by atomic mass is 10.2. The highest BCUT2D eigenvalue weighted by Gasteiger charge is 2.02. The van der Waals surface area contributed by atoms with Gasteiger partial charge < -0.3 is 19.5 Å². The van der Waals surface area contributed by atoms with Crippen LogP contribution in [-0.2, 0) is 11.3 Å². The second-order valence-corrected chi connectivity index (χ2v) is 5.11. The van der Waals surface area contributed by atoms with Crippen LogP contribution in [-0.4, -0.2) is 26.9 Å². The van der Waals surface area contributed by atoms with Crippen LogP contribution >= 0.6 is 0 Å². The number of benzene rings is 2. The van der Waals surface area contributed by atoms with E-state index in [1.807, 2.05) is 48.5 Å². The van der Waals surface area contributed by atoms with Crippen LogP contribution in [0.5, 0.6) is 11.5 Å². The van der Waals surface area contributed by atoms with Crippen molar-refractivity contribution in [3.63, 3.8) is 0 Å². The molecule has 0 aliphatic heterocycles. The summed E-state index contributed by atoms with van der Waals surface area (Å²) in [6, 6.07) is 15.0. The van der Waals surface area contributed by atoms with Gasteiger partial charge in [-0.05, 0) is 23.8 Å². The Kier molecular flexibility index (Phi) is 7.20. The van der Waals surface area contributed by atoms with E-state index in [4.69, 9.17) is 14.2 Å². The third-order valence-electron chi connectivity index (χ3n) is 3.36. The highest BCUT2D eigenvalue weighted by Crippen LogP contribution is 2.22. The molecule has 0 spiro atoms. The van der Waals surface area contributed by atoms with Gasteiger partial charge in [-0.3, -0.25) is 0 Å². The van der Waals surface area contributed by atoms with Gasteiger partial charge in [0.2, 0.25) is 0 Å². The van der Waals surface area contributed by atoms with Crippen LogP contribution in [0.2, 0.25) is 0 Å². The summed E-state index contributed by atoms with van der Waals surface area (Å²) in [7, 11) is 3.20. The first-order valence-electron chi connectivity index (χ1n) is 7.88. The fourth-order valence-electron chi connectivity index (χ4n) is 2.07. The Hall–Kier alpha value is -3.13. The Bertz CT molecular complexity index is 747. The zero-order chi connectivity index (χ0) is 17.9. The van der Waals surface area contributed by atoms with Crippen molar-refractivity contribution in [2.24, 2.45) is 0 Å². The van der Waals surface area contributed by atoms with Crippen molar-refractivity contribution in [2.45, 2.75) is 13.0 Å². The van der Waals surface area contributed by atoms with Crippen molar-refractivity contribution >= 4 is 6.09 Å². The average Bonchev–Trinajstić information content (AvgIpc) is 2.66. The van der Waals surface area contributed by atoms with Gasteiger partial charge in [0, 0.05) is 13.0 Å². The van der Waals surface area contributed by atoms with E-state index in [9.17, 15) is 4.79 Å². The zero-order valence-corrected chi connectivity index (χ0v) is 14.4. The molecule has 5 nitrogen and oxygen atoms in total. The Morgan fingerprint density at radius 2 is 1.88 bits per heavy atom. The number of ether oxygens (including phenoxy) is 3. The van der Waals surface area contributed by atoms with E-state index in [1.165, 1.54) is 0 Å². The van der Waals surface area contributed by atoms with Crippen molar-refractivity contribution in [1.82, 2.24) is 5.32 Å². The van der Waals surface area contributed by atoms with Gasteiger partial charge in [-0.25, -0.2) is 4.79 Å². The van der Waals surface area contributed by atoms with Gasteiger partial charge in [0.05, 0.1) is 19.8 Å². The predicted molar refractivity (Wildman–Crippen MR) is 95.7 cm³/mol. The quantitative estimate of drug-likeness (QED) is 0.647. The SMILES string of the molecule is COc1ccc(OC)c(C#CCCNC(=O)OCc2ccccc2)c1. The number of hydrogen-bond donors (Lipinski definition) is 1.